The van der Waals surface area contributed by atoms with Crippen LogP contribution in [-0.4, -0.2) is 21.9 Å². The fraction of sp³-hybridized carbons (Fsp3) is 0.429. The Labute approximate surface area is 79.1 Å². The minimum Gasteiger partial charge on any atom is -0.465 e. The second-order valence-electron chi connectivity index (χ2n) is 2.09. The molecule has 0 aliphatic heterocycles. The summed E-state index contributed by atoms with van der Waals surface area (Å²) < 4.78 is 8.40. The molecule has 0 radical (unpaired) electrons. The van der Waals surface area contributed by atoms with Crippen molar-refractivity contribution in [1.82, 2.24) is 9.36 Å². The van der Waals surface area contributed by atoms with Crippen LogP contribution in [0.1, 0.15) is 17.8 Å². The Balaban J connectivity index is 2.76. The van der Waals surface area contributed by atoms with Gasteiger partial charge in [-0.3, -0.25) is 4.79 Å². The van der Waals surface area contributed by atoms with E-state index in [-0.39, 0.29) is 6.61 Å². The lowest BCUT2D eigenvalue weighted by Crippen LogP contribution is -2.14. The molecule has 0 saturated carbocycles. The summed E-state index contributed by atoms with van der Waals surface area (Å²) in [6.07, 6.45) is 1.31. The summed E-state index contributed by atoms with van der Waals surface area (Å²) in [5, 5.41) is 9.06. The van der Waals surface area contributed by atoms with E-state index in [2.05, 4.69) is 9.36 Å². The lowest BCUT2D eigenvalue weighted by molar-refractivity contribution is -0.143. The number of hydrogen-bond acceptors (Lipinski definition) is 6. The number of aromatic nitrogens is 2. The van der Waals surface area contributed by atoms with Crippen molar-refractivity contribution in [2.24, 2.45) is 0 Å². The van der Waals surface area contributed by atoms with E-state index >= 15 is 0 Å². The second kappa shape index (κ2) is 4.52. The van der Waals surface area contributed by atoms with Gasteiger partial charge in [0.15, 0.2) is 5.92 Å². The molecule has 6 heteroatoms. The van der Waals surface area contributed by atoms with Crippen LogP contribution in [0.25, 0.3) is 0 Å². The number of ether oxygens (including phenoxy) is 1. The summed E-state index contributed by atoms with van der Waals surface area (Å²) in [6.45, 7) is 1.95. The van der Waals surface area contributed by atoms with Crippen LogP contribution in [0.4, 0.5) is 0 Å². The van der Waals surface area contributed by atoms with E-state index in [0.29, 0.717) is 5.01 Å². The third kappa shape index (κ3) is 2.23. The summed E-state index contributed by atoms with van der Waals surface area (Å²) in [6, 6.07) is 1.82. The molecule has 0 bridgehead atoms. The van der Waals surface area contributed by atoms with Crippen LogP contribution in [0, 0.1) is 11.3 Å². The zero-order valence-electron chi connectivity index (χ0n) is 6.93. The predicted molar refractivity (Wildman–Crippen MR) is 44.9 cm³/mol. The highest BCUT2D eigenvalue weighted by atomic mass is 32.1. The maximum absolute atomic E-state index is 11.2. The van der Waals surface area contributed by atoms with Gasteiger partial charge in [-0.15, -0.1) is 0 Å². The molecule has 0 aliphatic rings. The fourth-order valence-electron chi connectivity index (χ4n) is 0.743. The quantitative estimate of drug-likeness (QED) is 0.667. The zero-order chi connectivity index (χ0) is 9.68. The number of carbonyl (C=O) groups is 1. The van der Waals surface area contributed by atoms with Crippen molar-refractivity contribution in [1.29, 1.82) is 5.26 Å². The molecule has 1 aromatic heterocycles. The third-order valence-corrected chi connectivity index (χ3v) is 2.00. The standard InChI is InChI=1S/C7H7N3O2S/c1-2-12-7(11)5(3-8)6-9-4-10-13-6/h4-5H,2H2,1H3. The van der Waals surface area contributed by atoms with Gasteiger partial charge in [-0.25, -0.2) is 4.98 Å². The number of nitriles is 1. The Morgan fingerprint density at radius 1 is 1.92 bits per heavy atom. The number of nitrogens with zero attached hydrogens (tertiary/aromatic N) is 3. The van der Waals surface area contributed by atoms with Crippen LogP contribution in [0.2, 0.25) is 0 Å². The van der Waals surface area contributed by atoms with Crippen LogP contribution in [0.5, 0.6) is 0 Å². The fourth-order valence-corrected chi connectivity index (χ4v) is 1.29. The molecule has 68 valence electrons. The molecule has 1 atom stereocenters. The van der Waals surface area contributed by atoms with Gasteiger partial charge < -0.3 is 4.74 Å². The minimum absolute atomic E-state index is 0.260. The number of hydrogen-bond donors (Lipinski definition) is 0. The number of esters is 1. The largest absolute Gasteiger partial charge is 0.465 e. The predicted octanol–water partition coefficient (Wildman–Crippen LogP) is 0.708. The summed E-state index contributed by atoms with van der Waals surface area (Å²) in [5.41, 5.74) is 0. The molecule has 0 spiro atoms. The Bertz CT molecular complexity index is 317. The Morgan fingerprint density at radius 3 is 3.15 bits per heavy atom. The molecule has 1 heterocycles. The van der Waals surface area contributed by atoms with Crippen molar-refractivity contribution in [3.05, 3.63) is 11.3 Å². The van der Waals surface area contributed by atoms with Gasteiger partial charge in [-0.2, -0.15) is 9.64 Å². The van der Waals surface area contributed by atoms with Crippen LogP contribution < -0.4 is 0 Å². The van der Waals surface area contributed by atoms with Crippen LogP contribution in [-0.2, 0) is 9.53 Å². The summed E-state index contributed by atoms with van der Waals surface area (Å²) in [7, 11) is 0. The van der Waals surface area contributed by atoms with Crippen LogP contribution >= 0.6 is 11.5 Å². The second-order valence-corrected chi connectivity index (χ2v) is 2.91. The molecule has 0 amide bonds. The minimum atomic E-state index is -0.938. The van der Waals surface area contributed by atoms with Gasteiger partial charge >= 0.3 is 5.97 Å². The first-order valence-corrected chi connectivity index (χ1v) is 4.39. The van der Waals surface area contributed by atoms with E-state index in [1.54, 1.807) is 6.92 Å². The molecule has 1 aromatic rings. The molecule has 0 saturated heterocycles. The van der Waals surface area contributed by atoms with E-state index in [4.69, 9.17) is 10.00 Å². The van der Waals surface area contributed by atoms with E-state index in [9.17, 15) is 4.79 Å². The van der Waals surface area contributed by atoms with Crippen molar-refractivity contribution in [2.75, 3.05) is 6.61 Å². The van der Waals surface area contributed by atoms with Gasteiger partial charge in [0.1, 0.15) is 11.3 Å². The molecule has 0 fully saturated rings. The van der Waals surface area contributed by atoms with Crippen molar-refractivity contribution >= 4 is 17.5 Å². The van der Waals surface area contributed by atoms with Gasteiger partial charge in [0.2, 0.25) is 0 Å². The SMILES string of the molecule is CCOC(=O)C(C#N)c1ncns1. The van der Waals surface area contributed by atoms with Crippen LogP contribution in [0.3, 0.4) is 0 Å². The first-order chi connectivity index (χ1) is 6.29. The first kappa shape index (κ1) is 9.61. The van der Waals surface area contributed by atoms with Crippen molar-refractivity contribution < 1.29 is 9.53 Å². The van der Waals surface area contributed by atoms with Gasteiger partial charge in [0.05, 0.1) is 12.7 Å². The summed E-state index contributed by atoms with van der Waals surface area (Å²) in [4.78, 5) is 14.9. The molecule has 0 N–H and O–H groups in total. The molecule has 1 rings (SSSR count). The summed E-state index contributed by atoms with van der Waals surface area (Å²) in [5.74, 6) is -1.51. The van der Waals surface area contributed by atoms with E-state index < -0.39 is 11.9 Å². The van der Waals surface area contributed by atoms with Crippen molar-refractivity contribution in [3.63, 3.8) is 0 Å². The maximum Gasteiger partial charge on any atom is 0.330 e. The van der Waals surface area contributed by atoms with Gasteiger partial charge in [0, 0.05) is 0 Å². The monoisotopic (exact) mass is 197 g/mol. The zero-order valence-corrected chi connectivity index (χ0v) is 7.74. The topological polar surface area (TPSA) is 75.9 Å². The van der Waals surface area contributed by atoms with Gasteiger partial charge in [-0.05, 0) is 18.5 Å². The Kier molecular flexibility index (Phi) is 3.34. The average Bonchev–Trinajstić information content (AvgIpc) is 2.59. The Morgan fingerprint density at radius 2 is 2.69 bits per heavy atom. The smallest absolute Gasteiger partial charge is 0.330 e. The molecular weight excluding hydrogens is 190 g/mol. The first-order valence-electron chi connectivity index (χ1n) is 3.62. The van der Waals surface area contributed by atoms with E-state index in [1.807, 2.05) is 6.07 Å². The lowest BCUT2D eigenvalue weighted by Gasteiger charge is -2.03. The normalized spacial score (nSPS) is 11.7. The van der Waals surface area contributed by atoms with E-state index in [0.717, 1.165) is 11.5 Å². The third-order valence-electron chi connectivity index (χ3n) is 1.28. The molecule has 0 aliphatic carbocycles. The lowest BCUT2D eigenvalue weighted by atomic mass is 10.2. The van der Waals surface area contributed by atoms with Crippen LogP contribution in [0.15, 0.2) is 6.33 Å². The van der Waals surface area contributed by atoms with Gasteiger partial charge in [-0.1, -0.05) is 0 Å². The maximum atomic E-state index is 11.2. The Hall–Kier alpha value is -1.48. The number of carbonyl (C=O) groups excluding carboxylic acids is 1. The summed E-state index contributed by atoms with van der Waals surface area (Å²) >= 11 is 1.03. The molecule has 0 aromatic carbocycles. The highest BCUT2D eigenvalue weighted by Crippen LogP contribution is 2.16. The average molecular weight is 197 g/mol. The van der Waals surface area contributed by atoms with Gasteiger partial charge in [0.25, 0.3) is 0 Å². The molecule has 5 nitrogen and oxygen atoms in total. The van der Waals surface area contributed by atoms with Crippen molar-refractivity contribution in [2.45, 2.75) is 12.8 Å². The molecule has 13 heavy (non-hydrogen) atoms. The molecular formula is C7H7N3O2S. The van der Waals surface area contributed by atoms with Crippen molar-refractivity contribution in [3.8, 4) is 6.07 Å². The van der Waals surface area contributed by atoms with E-state index in [1.165, 1.54) is 6.33 Å². The highest BCUT2D eigenvalue weighted by molar-refractivity contribution is 7.05. The highest BCUT2D eigenvalue weighted by Gasteiger charge is 2.24. The molecule has 1 unspecified atom stereocenters. The number of rotatable bonds is 3.